The van der Waals surface area contributed by atoms with Gasteiger partial charge in [0.05, 0.1) is 28.7 Å². The van der Waals surface area contributed by atoms with Crippen LogP contribution in [0.2, 0.25) is 0 Å². The van der Waals surface area contributed by atoms with E-state index in [1.807, 2.05) is 6.92 Å². The highest BCUT2D eigenvalue weighted by molar-refractivity contribution is 6.04. The normalized spacial score (nSPS) is 25.8. The molecule has 4 fully saturated rings. The fourth-order valence-electron chi connectivity index (χ4n) is 10.8. The number of nitrogens with zero attached hydrogens (tertiary/aromatic N) is 6. The van der Waals surface area contributed by atoms with E-state index >= 15 is 8.78 Å². The number of rotatable bonds is 8. The minimum Gasteiger partial charge on any atom is -0.461 e. The maximum atomic E-state index is 17.6. The number of nitrogens with two attached hydrogens (primary N) is 1. The van der Waals surface area contributed by atoms with Gasteiger partial charge in [0.1, 0.15) is 35.6 Å². The topological polar surface area (TPSA) is 127 Å². The van der Waals surface area contributed by atoms with E-state index in [1.165, 1.54) is 6.07 Å². The van der Waals surface area contributed by atoms with Crippen molar-refractivity contribution in [3.63, 3.8) is 0 Å². The molecule has 0 saturated carbocycles. The summed E-state index contributed by atoms with van der Waals surface area (Å²) in [5.74, 6) is 2.18. The van der Waals surface area contributed by atoms with Crippen LogP contribution < -0.4 is 21.2 Å². The van der Waals surface area contributed by atoms with Gasteiger partial charge in [0, 0.05) is 60.7 Å². The van der Waals surface area contributed by atoms with Gasteiger partial charge < -0.3 is 24.2 Å². The molecule has 57 heavy (non-hydrogen) atoms. The van der Waals surface area contributed by atoms with Crippen LogP contribution in [0.15, 0.2) is 37.9 Å². The van der Waals surface area contributed by atoms with Crippen molar-refractivity contribution in [2.75, 3.05) is 36.9 Å². The maximum Gasteiger partial charge on any atom is 0.519 e. The van der Waals surface area contributed by atoms with Crippen LogP contribution in [-0.2, 0) is 19.4 Å². The summed E-state index contributed by atoms with van der Waals surface area (Å²) in [7, 11) is 0. The molecule has 3 aromatic heterocycles. The summed E-state index contributed by atoms with van der Waals surface area (Å²) in [6.45, 7) is 4.43. The molecular weight excluding hydrogens is 736 g/mol. The zero-order valence-electron chi connectivity index (χ0n) is 31.8. The molecule has 2 aromatic carbocycles. The summed E-state index contributed by atoms with van der Waals surface area (Å²) in [4.78, 5) is 33.9. The van der Waals surface area contributed by atoms with E-state index in [-0.39, 0.29) is 53.1 Å². The Morgan fingerprint density at radius 2 is 1.91 bits per heavy atom. The minimum atomic E-state index is -0.944. The van der Waals surface area contributed by atoms with Gasteiger partial charge in [-0.05, 0) is 81.5 Å². The van der Waals surface area contributed by atoms with Crippen molar-refractivity contribution >= 4 is 33.2 Å². The van der Waals surface area contributed by atoms with Crippen molar-refractivity contribution < 1.29 is 26.7 Å². The third-order valence-electron chi connectivity index (χ3n) is 13.2. The average Bonchev–Trinajstić information content (AvgIpc) is 3.91. The molecule has 0 amide bonds. The van der Waals surface area contributed by atoms with Crippen molar-refractivity contribution in [3.8, 4) is 29.6 Å². The van der Waals surface area contributed by atoms with Crippen LogP contribution in [0.3, 0.4) is 0 Å². The number of benzene rings is 2. The Labute approximate surface area is 327 Å². The molecule has 5 aliphatic heterocycles. The number of ether oxygens (including phenoxy) is 1. The largest absolute Gasteiger partial charge is 0.519 e. The van der Waals surface area contributed by atoms with E-state index < -0.39 is 29.2 Å². The lowest BCUT2D eigenvalue weighted by atomic mass is 9.92. The van der Waals surface area contributed by atoms with Crippen molar-refractivity contribution in [1.29, 1.82) is 0 Å². The monoisotopic (exact) mass is 779 g/mol. The molecule has 0 aliphatic carbocycles. The lowest BCUT2D eigenvalue weighted by Crippen LogP contribution is -2.60. The summed E-state index contributed by atoms with van der Waals surface area (Å²) in [5.41, 5.74) is 7.13. The molecule has 0 spiro atoms. The summed E-state index contributed by atoms with van der Waals surface area (Å²) in [6, 6.07) is 6.33. The van der Waals surface area contributed by atoms with Crippen LogP contribution in [0, 0.1) is 24.0 Å². The first-order valence-electron chi connectivity index (χ1n) is 20.2. The number of nitrogen functional groups attached to an aromatic ring is 1. The fraction of sp³-hybridized carbons (Fsp3) is 0.488. The summed E-state index contributed by atoms with van der Waals surface area (Å²) in [6.07, 6.45) is 12.3. The number of hydrogen-bond acceptors (Lipinski definition) is 11. The Morgan fingerprint density at radius 1 is 1.05 bits per heavy atom. The van der Waals surface area contributed by atoms with Gasteiger partial charge in [-0.15, -0.1) is 6.42 Å². The standard InChI is InChI=1S/C43H44F3N7O4/c1-3-7-33-34(57-42(54)56-33)21-52-26-11-13-32(52)31-9-5-8-30-36-39(37(46)38(48-30)28-17-25(47)16-23-10-12-29(45)27(4-2)35(23)28)49-41(50-40(36)53(31)20-26)55-22-43-14-6-15-51(43)19-24(44)18-43/h2,10,12,16-17,24,26,31-32H,3,5-9,11,13-15,18-22,47H2,1H3/t24-,26-,31-,32+,43+/m1/s1. The van der Waals surface area contributed by atoms with Crippen LogP contribution in [0.1, 0.15) is 81.1 Å². The Balaban J connectivity index is 1.12. The predicted octanol–water partition coefficient (Wildman–Crippen LogP) is 6.70. The van der Waals surface area contributed by atoms with Gasteiger partial charge >= 0.3 is 11.8 Å². The van der Waals surface area contributed by atoms with Gasteiger partial charge in [0.25, 0.3) is 0 Å². The lowest BCUT2D eigenvalue weighted by Gasteiger charge is -2.48. The number of terminal acetylenes is 1. The molecule has 4 saturated heterocycles. The van der Waals surface area contributed by atoms with Gasteiger partial charge in [-0.25, -0.2) is 22.9 Å². The molecule has 296 valence electrons. The van der Waals surface area contributed by atoms with E-state index in [0.29, 0.717) is 83.8 Å². The first-order chi connectivity index (χ1) is 27.6. The summed E-state index contributed by atoms with van der Waals surface area (Å²) < 4.78 is 65.0. The molecule has 2 bridgehead atoms. The molecule has 5 aliphatic rings. The number of alkyl halides is 1. The Hall–Kier alpha value is -5.13. The van der Waals surface area contributed by atoms with Crippen molar-refractivity contribution in [2.24, 2.45) is 0 Å². The Bertz CT molecular complexity index is 2530. The Kier molecular flexibility index (Phi) is 8.75. The van der Waals surface area contributed by atoms with E-state index in [4.69, 9.17) is 40.7 Å². The number of anilines is 2. The number of fused-ring (bicyclic) bond motifs is 7. The van der Waals surface area contributed by atoms with Crippen LogP contribution in [-0.4, -0.2) is 80.8 Å². The smallest absolute Gasteiger partial charge is 0.461 e. The van der Waals surface area contributed by atoms with Crippen LogP contribution >= 0.6 is 0 Å². The third kappa shape index (κ3) is 5.87. The summed E-state index contributed by atoms with van der Waals surface area (Å²) >= 11 is 0. The number of pyridine rings is 1. The first kappa shape index (κ1) is 36.2. The number of halogens is 3. The van der Waals surface area contributed by atoms with E-state index in [2.05, 4.69) is 20.6 Å². The van der Waals surface area contributed by atoms with E-state index in [1.54, 1.807) is 18.2 Å². The second kappa shape index (κ2) is 13.8. The maximum absolute atomic E-state index is 17.6. The zero-order chi connectivity index (χ0) is 39.2. The van der Waals surface area contributed by atoms with Gasteiger partial charge in [-0.1, -0.05) is 18.9 Å². The molecule has 10 rings (SSSR count). The number of hydrogen-bond donors (Lipinski definition) is 1. The molecule has 14 heteroatoms. The van der Waals surface area contributed by atoms with Crippen molar-refractivity contribution in [2.45, 2.75) is 108 Å². The molecule has 8 heterocycles. The molecule has 2 N–H and O–H groups in total. The highest BCUT2D eigenvalue weighted by Crippen LogP contribution is 2.46. The quantitative estimate of drug-likeness (QED) is 0.134. The molecular formula is C43H44F3N7O4. The third-order valence-corrected chi connectivity index (χ3v) is 13.2. The van der Waals surface area contributed by atoms with Crippen LogP contribution in [0.25, 0.3) is 32.9 Å². The average molecular weight is 780 g/mol. The predicted molar refractivity (Wildman–Crippen MR) is 209 cm³/mol. The van der Waals surface area contributed by atoms with E-state index in [9.17, 15) is 9.18 Å². The molecule has 5 atom stereocenters. The fourth-order valence-corrected chi connectivity index (χ4v) is 10.8. The SMILES string of the molecule is C#Cc1c(F)ccc2cc(N)cc(-c3nc4c5c(nc(OC[C@@]67CCCN6C[C@H](F)C7)nc5c3F)N3C[C@H]5CC[C@@H]([C@H]3CCC4)N5Cc3oc(=O)oc3CCC)c12. The second-order valence-corrected chi connectivity index (χ2v) is 16.5. The van der Waals surface area contributed by atoms with Gasteiger partial charge in [0.2, 0.25) is 0 Å². The first-order valence-corrected chi connectivity index (χ1v) is 20.2. The number of aromatic nitrogens is 3. The van der Waals surface area contributed by atoms with Gasteiger partial charge in [-0.3, -0.25) is 9.80 Å². The highest BCUT2D eigenvalue weighted by atomic mass is 19.1. The zero-order valence-corrected chi connectivity index (χ0v) is 31.8. The highest BCUT2D eigenvalue weighted by Gasteiger charge is 2.50. The molecule has 0 unspecified atom stereocenters. The molecule has 11 nitrogen and oxygen atoms in total. The molecule has 5 aromatic rings. The van der Waals surface area contributed by atoms with E-state index in [0.717, 1.165) is 51.5 Å². The lowest BCUT2D eigenvalue weighted by molar-refractivity contribution is 0.106. The summed E-state index contributed by atoms with van der Waals surface area (Å²) in [5, 5.41) is 1.41. The minimum absolute atomic E-state index is 0.00362. The van der Waals surface area contributed by atoms with Crippen LogP contribution in [0.4, 0.5) is 24.7 Å². The van der Waals surface area contributed by atoms with Gasteiger partial charge in [-0.2, -0.15) is 9.97 Å². The van der Waals surface area contributed by atoms with Gasteiger partial charge in [0.15, 0.2) is 17.3 Å². The Morgan fingerprint density at radius 3 is 2.75 bits per heavy atom. The van der Waals surface area contributed by atoms with Crippen LogP contribution in [0.5, 0.6) is 6.01 Å². The molecule has 0 radical (unpaired) electrons. The number of aryl methyl sites for hydroxylation is 2. The van der Waals surface area contributed by atoms with Crippen molar-refractivity contribution in [1.82, 2.24) is 24.8 Å². The van der Waals surface area contributed by atoms with Crippen molar-refractivity contribution in [3.05, 3.63) is 69.3 Å². The second-order valence-electron chi connectivity index (χ2n) is 16.5. The number of piperazine rings is 1.